The zero-order valence-corrected chi connectivity index (χ0v) is 38.1. The van der Waals surface area contributed by atoms with E-state index in [4.69, 9.17) is 24.2 Å². The average molecular weight is 892 g/mol. The third-order valence-corrected chi connectivity index (χ3v) is 14.8. The summed E-state index contributed by atoms with van der Waals surface area (Å²) in [6.45, 7) is 9.90. The number of nitrogens with zero attached hydrogens (tertiary/aromatic N) is 2. The Morgan fingerprint density at radius 1 is 0.938 bits per heavy atom. The largest absolute Gasteiger partial charge is 0.460 e. The van der Waals surface area contributed by atoms with Crippen LogP contribution in [0.4, 0.5) is 5.69 Å². The molecule has 4 aromatic rings. The quantitative estimate of drug-likeness (QED) is 0.0447. The van der Waals surface area contributed by atoms with E-state index in [1.54, 1.807) is 25.3 Å². The van der Waals surface area contributed by atoms with Crippen molar-refractivity contribution >= 4 is 27.3 Å². The van der Waals surface area contributed by atoms with Crippen LogP contribution in [0.25, 0.3) is 0 Å². The lowest BCUT2D eigenvalue weighted by Crippen LogP contribution is -2.69. The van der Waals surface area contributed by atoms with E-state index < -0.39 is 27.8 Å². The number of sulfonamides is 1. The molecule has 0 saturated heterocycles. The van der Waals surface area contributed by atoms with Crippen molar-refractivity contribution < 1.29 is 42.5 Å². The summed E-state index contributed by atoms with van der Waals surface area (Å²) in [4.78, 5) is 18.0. The standard InChI is InChI=1S/C51H61N3O9S/c1-6-28-60-51-48(54(5)64(58,59)42-23-19-39(20-24-42)52-36(4)57)32-46(53-61-33-37-14-8-7-9-15-37)44-30-38(16-10-12-26-55)43(17-11-13-27-56)49(50(44)51)45-31-41(22-25-47(45)63-51)62-40-21-18-34(2)35(3)29-40/h6-9,14-15,18-25,29-31,38,43,48-50,55-56H,1,10-13,16-17,26-28,32-33H2,2-5H3,(H,52,57). The molecule has 0 radical (unpaired) electrons. The van der Waals surface area contributed by atoms with Crippen LogP contribution >= 0.6 is 0 Å². The molecule has 1 heterocycles. The Bertz CT molecular complexity index is 2440. The van der Waals surface area contributed by atoms with Gasteiger partial charge in [-0.25, -0.2) is 8.42 Å². The average Bonchev–Trinajstić information content (AvgIpc) is 3.28. The minimum Gasteiger partial charge on any atom is -0.460 e. The van der Waals surface area contributed by atoms with E-state index in [1.165, 1.54) is 23.4 Å². The molecule has 13 heteroatoms. The molecule has 12 nitrogen and oxygen atoms in total. The SMILES string of the molecule is C=CCOC12Oc3ccc(Oc4ccc(C)c(C)c4)cc3C3C(CCCCO)C(CCCCO)C=C(C(=NOCc4ccccc4)CC1N(C)S(=O)(=O)c1ccc(NC(C)=O)cc1)C32. The number of fused-ring (bicyclic) bond motifs is 2. The highest BCUT2D eigenvalue weighted by Gasteiger charge is 2.65. The highest BCUT2D eigenvalue weighted by Crippen LogP contribution is 2.62. The summed E-state index contributed by atoms with van der Waals surface area (Å²) < 4.78 is 52.0. The third-order valence-electron chi connectivity index (χ3n) is 12.9. The van der Waals surface area contributed by atoms with Crippen LogP contribution in [0, 0.1) is 31.6 Å². The fourth-order valence-electron chi connectivity index (χ4n) is 9.69. The Morgan fingerprint density at radius 3 is 2.33 bits per heavy atom. The molecule has 64 heavy (non-hydrogen) atoms. The minimum absolute atomic E-state index is 0.0151. The lowest BCUT2D eigenvalue weighted by atomic mass is 9.55. The minimum atomic E-state index is -4.24. The first kappa shape index (κ1) is 46.7. The van der Waals surface area contributed by atoms with E-state index in [0.29, 0.717) is 41.5 Å². The number of carbonyl (C=O) groups excluding carboxylic acids is 1. The van der Waals surface area contributed by atoms with Crippen LogP contribution in [0.1, 0.15) is 80.0 Å². The first-order chi connectivity index (χ1) is 30.9. The Balaban J connectivity index is 1.43. The Morgan fingerprint density at radius 2 is 1.64 bits per heavy atom. The number of ether oxygens (including phenoxy) is 3. The Hall–Kier alpha value is -5.31. The number of amides is 1. The van der Waals surface area contributed by atoms with Gasteiger partial charge in [0.05, 0.1) is 29.2 Å². The molecule has 4 aromatic carbocycles. The molecule has 1 amide bonds. The lowest BCUT2D eigenvalue weighted by molar-refractivity contribution is -0.250. The number of aryl methyl sites for hydroxylation is 2. The molecule has 340 valence electrons. The first-order valence-corrected chi connectivity index (χ1v) is 23.7. The van der Waals surface area contributed by atoms with Crippen LogP contribution in [0.15, 0.2) is 125 Å². The van der Waals surface area contributed by atoms with Crippen LogP contribution in [0.5, 0.6) is 17.2 Å². The molecule has 1 fully saturated rings. The second-order valence-corrected chi connectivity index (χ2v) is 19.1. The molecule has 0 spiro atoms. The van der Waals surface area contributed by atoms with Gasteiger partial charge < -0.3 is 34.6 Å². The maximum absolute atomic E-state index is 14.9. The van der Waals surface area contributed by atoms with Crippen LogP contribution in [0.2, 0.25) is 0 Å². The van der Waals surface area contributed by atoms with Crippen molar-refractivity contribution in [2.45, 2.75) is 95.0 Å². The van der Waals surface area contributed by atoms with Gasteiger partial charge >= 0.3 is 0 Å². The van der Waals surface area contributed by atoms with Crippen LogP contribution in [-0.2, 0) is 31.0 Å². The van der Waals surface area contributed by atoms with Crippen molar-refractivity contribution in [2.75, 3.05) is 32.2 Å². The van der Waals surface area contributed by atoms with Crippen molar-refractivity contribution in [1.29, 1.82) is 0 Å². The fraction of sp³-hybridized carbons (Fsp3) is 0.412. The predicted octanol–water partition coefficient (Wildman–Crippen LogP) is 9.21. The fourth-order valence-corrected chi connectivity index (χ4v) is 11.1. The number of rotatable bonds is 20. The highest BCUT2D eigenvalue weighted by atomic mass is 32.2. The van der Waals surface area contributed by atoms with E-state index in [-0.39, 0.29) is 61.4 Å². The summed E-state index contributed by atoms with van der Waals surface area (Å²) in [5.74, 6) is -0.866. The van der Waals surface area contributed by atoms with Crippen molar-refractivity contribution in [1.82, 2.24) is 4.31 Å². The number of nitrogens with one attached hydrogen (secondary N) is 1. The monoisotopic (exact) mass is 891 g/mol. The lowest BCUT2D eigenvalue weighted by Gasteiger charge is -2.59. The zero-order chi connectivity index (χ0) is 45.4. The Labute approximate surface area is 377 Å². The summed E-state index contributed by atoms with van der Waals surface area (Å²) in [6.07, 6.45) is 8.36. The van der Waals surface area contributed by atoms with Crippen molar-refractivity contribution in [3.63, 3.8) is 0 Å². The van der Waals surface area contributed by atoms with Gasteiger partial charge in [-0.3, -0.25) is 4.79 Å². The molecule has 6 unspecified atom stereocenters. The van der Waals surface area contributed by atoms with Gasteiger partial charge in [-0.1, -0.05) is 66.5 Å². The normalized spacial score (nSPS) is 23.1. The van der Waals surface area contributed by atoms with Gasteiger partial charge in [0.2, 0.25) is 21.7 Å². The maximum atomic E-state index is 14.9. The first-order valence-electron chi connectivity index (χ1n) is 22.2. The number of anilines is 1. The van der Waals surface area contributed by atoms with Gasteiger partial charge in [-0.15, -0.1) is 6.58 Å². The molecule has 2 aliphatic carbocycles. The number of aliphatic hydroxyl groups excluding tert-OH is 2. The molecule has 6 atom stereocenters. The van der Waals surface area contributed by atoms with E-state index in [9.17, 15) is 23.4 Å². The number of hydrogen-bond donors (Lipinski definition) is 3. The molecular weight excluding hydrogens is 831 g/mol. The van der Waals surface area contributed by atoms with Crippen molar-refractivity contribution in [3.05, 3.63) is 138 Å². The summed E-state index contributed by atoms with van der Waals surface area (Å²) in [5, 5.41) is 27.5. The van der Waals surface area contributed by atoms with E-state index in [2.05, 4.69) is 31.8 Å². The molecular formula is C51H61N3O9S. The number of carbonyl (C=O) groups is 1. The van der Waals surface area contributed by atoms with Gasteiger partial charge in [0.25, 0.3) is 0 Å². The number of likely N-dealkylation sites (N-methyl/N-ethyl adjacent to an activating group) is 1. The second kappa shape index (κ2) is 20.7. The summed E-state index contributed by atoms with van der Waals surface area (Å²) in [7, 11) is -2.70. The summed E-state index contributed by atoms with van der Waals surface area (Å²) in [5.41, 5.74) is 6.02. The summed E-state index contributed by atoms with van der Waals surface area (Å²) in [6, 6.07) is 26.7. The maximum Gasteiger partial charge on any atom is 0.243 e. The smallest absolute Gasteiger partial charge is 0.243 e. The Kier molecular flexibility index (Phi) is 15.1. The van der Waals surface area contributed by atoms with Crippen LogP contribution in [-0.4, -0.2) is 73.3 Å². The van der Waals surface area contributed by atoms with Gasteiger partial charge in [-0.05, 0) is 128 Å². The molecule has 0 aromatic heterocycles. The highest BCUT2D eigenvalue weighted by molar-refractivity contribution is 7.89. The molecule has 3 N–H and O–H groups in total. The van der Waals surface area contributed by atoms with Crippen LogP contribution in [0.3, 0.4) is 0 Å². The number of unbranched alkanes of at least 4 members (excludes halogenated alkanes) is 2. The molecule has 7 rings (SSSR count). The van der Waals surface area contributed by atoms with E-state index >= 15 is 0 Å². The number of oxime groups is 1. The van der Waals surface area contributed by atoms with Crippen molar-refractivity contribution in [3.8, 4) is 17.2 Å². The topological polar surface area (TPSA) is 156 Å². The molecule has 0 bridgehead atoms. The predicted molar refractivity (Wildman–Crippen MR) is 248 cm³/mol. The van der Waals surface area contributed by atoms with Crippen LogP contribution < -0.4 is 14.8 Å². The molecule has 1 aliphatic heterocycles. The summed E-state index contributed by atoms with van der Waals surface area (Å²) >= 11 is 0. The number of hydrogen-bond acceptors (Lipinski definition) is 10. The number of aliphatic hydroxyl groups is 2. The second-order valence-electron chi connectivity index (χ2n) is 17.1. The zero-order valence-electron chi connectivity index (χ0n) is 37.2. The molecule has 1 saturated carbocycles. The number of benzene rings is 4. The van der Waals surface area contributed by atoms with Gasteiger partial charge in [-0.2, -0.15) is 4.31 Å². The van der Waals surface area contributed by atoms with E-state index in [1.807, 2.05) is 66.7 Å². The third kappa shape index (κ3) is 9.99. The number of allylic oxidation sites excluding steroid dienone is 1. The molecule has 3 aliphatic rings. The van der Waals surface area contributed by atoms with Gasteiger partial charge in [0, 0.05) is 50.8 Å². The van der Waals surface area contributed by atoms with E-state index in [0.717, 1.165) is 53.5 Å². The van der Waals surface area contributed by atoms with Gasteiger partial charge in [0.1, 0.15) is 23.9 Å². The van der Waals surface area contributed by atoms with Gasteiger partial charge in [0.15, 0.2) is 0 Å². The van der Waals surface area contributed by atoms with Crippen molar-refractivity contribution in [2.24, 2.45) is 22.9 Å².